The van der Waals surface area contributed by atoms with E-state index in [1.54, 1.807) is 24.3 Å². The minimum atomic E-state index is -0.176. The van der Waals surface area contributed by atoms with E-state index in [4.69, 9.17) is 4.74 Å². The predicted molar refractivity (Wildman–Crippen MR) is 82.9 cm³/mol. The van der Waals surface area contributed by atoms with Gasteiger partial charge in [0.1, 0.15) is 5.69 Å². The first kappa shape index (κ1) is 16.2. The van der Waals surface area contributed by atoms with E-state index in [1.165, 1.54) is 0 Å². The second-order valence-corrected chi connectivity index (χ2v) is 5.13. The number of carbonyl (C=O) groups excluding carboxylic acids is 2. The number of nitrogens with zero attached hydrogens (tertiary/aromatic N) is 3. The molecule has 2 rings (SSSR count). The maximum atomic E-state index is 12.1. The first-order valence-corrected chi connectivity index (χ1v) is 7.42. The highest BCUT2D eigenvalue weighted by Crippen LogP contribution is 2.16. The zero-order valence-corrected chi connectivity index (χ0v) is 12.8. The molecular weight excluding hydrogens is 284 g/mol. The fraction of sp³-hybridized carbons (Fsp3) is 0.533. The first-order chi connectivity index (χ1) is 10.7. The number of hydrogen-bond acceptors (Lipinski definition) is 5. The van der Waals surface area contributed by atoms with Crippen molar-refractivity contribution in [3.05, 3.63) is 24.0 Å². The molecule has 1 aromatic heterocycles. The third kappa shape index (κ3) is 4.42. The molecule has 2 amide bonds. The molecule has 120 valence electrons. The van der Waals surface area contributed by atoms with E-state index in [0.29, 0.717) is 31.9 Å². The number of aromatic nitrogens is 1. The lowest BCUT2D eigenvalue weighted by molar-refractivity contribution is -0.118. The van der Waals surface area contributed by atoms with Crippen LogP contribution in [0.5, 0.6) is 0 Å². The average molecular weight is 306 g/mol. The monoisotopic (exact) mass is 306 g/mol. The molecule has 1 aliphatic heterocycles. The lowest BCUT2D eigenvalue weighted by Crippen LogP contribution is -2.45. The SMILES string of the molecule is COCCCNC(=O)c1cc(N2CCN(C=O)CC2)ccn1. The van der Waals surface area contributed by atoms with Crippen molar-refractivity contribution in [2.24, 2.45) is 0 Å². The van der Waals surface area contributed by atoms with E-state index >= 15 is 0 Å². The van der Waals surface area contributed by atoms with E-state index in [9.17, 15) is 9.59 Å². The topological polar surface area (TPSA) is 74.8 Å². The Morgan fingerprint density at radius 1 is 1.41 bits per heavy atom. The van der Waals surface area contributed by atoms with Crippen LogP contribution in [0.3, 0.4) is 0 Å². The Morgan fingerprint density at radius 3 is 2.86 bits per heavy atom. The van der Waals surface area contributed by atoms with Crippen LogP contribution in [0.1, 0.15) is 16.9 Å². The third-order valence-electron chi connectivity index (χ3n) is 3.62. The quantitative estimate of drug-likeness (QED) is 0.572. The van der Waals surface area contributed by atoms with Gasteiger partial charge in [0.2, 0.25) is 6.41 Å². The number of methoxy groups -OCH3 is 1. The van der Waals surface area contributed by atoms with Crippen molar-refractivity contribution in [2.45, 2.75) is 6.42 Å². The van der Waals surface area contributed by atoms with Crippen molar-refractivity contribution in [1.29, 1.82) is 0 Å². The second-order valence-electron chi connectivity index (χ2n) is 5.13. The Bertz CT molecular complexity index is 501. The summed E-state index contributed by atoms with van der Waals surface area (Å²) in [6, 6.07) is 3.68. The number of anilines is 1. The van der Waals surface area contributed by atoms with E-state index in [0.717, 1.165) is 31.6 Å². The third-order valence-corrected chi connectivity index (χ3v) is 3.62. The molecule has 0 atom stereocenters. The summed E-state index contributed by atoms with van der Waals surface area (Å²) in [7, 11) is 1.64. The van der Waals surface area contributed by atoms with Crippen molar-refractivity contribution < 1.29 is 14.3 Å². The fourth-order valence-corrected chi connectivity index (χ4v) is 2.33. The molecule has 0 unspecified atom stereocenters. The molecule has 2 heterocycles. The zero-order chi connectivity index (χ0) is 15.8. The highest BCUT2D eigenvalue weighted by Gasteiger charge is 2.17. The van der Waals surface area contributed by atoms with Gasteiger partial charge in [-0.3, -0.25) is 14.6 Å². The number of piperazine rings is 1. The van der Waals surface area contributed by atoms with Crippen molar-refractivity contribution in [3.8, 4) is 0 Å². The summed E-state index contributed by atoms with van der Waals surface area (Å²) in [6.45, 7) is 4.11. The molecule has 0 aliphatic carbocycles. The summed E-state index contributed by atoms with van der Waals surface area (Å²) < 4.78 is 4.94. The van der Waals surface area contributed by atoms with Crippen LogP contribution in [-0.4, -0.2) is 68.6 Å². The maximum absolute atomic E-state index is 12.1. The van der Waals surface area contributed by atoms with Crippen LogP contribution in [0, 0.1) is 0 Å². The Labute approximate surface area is 130 Å². The minimum absolute atomic E-state index is 0.176. The number of hydrogen-bond donors (Lipinski definition) is 1. The summed E-state index contributed by atoms with van der Waals surface area (Å²) in [5, 5.41) is 2.83. The lowest BCUT2D eigenvalue weighted by Gasteiger charge is -2.34. The van der Waals surface area contributed by atoms with Gasteiger partial charge in [-0.05, 0) is 18.6 Å². The van der Waals surface area contributed by atoms with E-state index in [1.807, 2.05) is 6.07 Å². The van der Waals surface area contributed by atoms with Gasteiger partial charge in [0.25, 0.3) is 5.91 Å². The number of ether oxygens (including phenoxy) is 1. The number of amides is 2. The van der Waals surface area contributed by atoms with Gasteiger partial charge in [0.15, 0.2) is 0 Å². The van der Waals surface area contributed by atoms with Gasteiger partial charge in [-0.15, -0.1) is 0 Å². The Kier molecular flexibility index (Phi) is 6.14. The predicted octanol–water partition coefficient (Wildman–Crippen LogP) is 0.126. The summed E-state index contributed by atoms with van der Waals surface area (Å²) in [4.78, 5) is 30.8. The van der Waals surface area contributed by atoms with Gasteiger partial charge in [0, 0.05) is 58.3 Å². The summed E-state index contributed by atoms with van der Waals surface area (Å²) >= 11 is 0. The van der Waals surface area contributed by atoms with E-state index in [2.05, 4.69) is 15.2 Å². The first-order valence-electron chi connectivity index (χ1n) is 7.42. The molecule has 0 bridgehead atoms. The highest BCUT2D eigenvalue weighted by molar-refractivity contribution is 5.93. The molecule has 0 radical (unpaired) electrons. The molecule has 0 saturated carbocycles. The molecule has 22 heavy (non-hydrogen) atoms. The van der Waals surface area contributed by atoms with Crippen molar-refractivity contribution in [2.75, 3.05) is 51.3 Å². The molecule has 0 spiro atoms. The van der Waals surface area contributed by atoms with Crippen LogP contribution in [0.15, 0.2) is 18.3 Å². The summed E-state index contributed by atoms with van der Waals surface area (Å²) in [6.07, 6.45) is 3.30. The zero-order valence-electron chi connectivity index (χ0n) is 12.8. The second kappa shape index (κ2) is 8.33. The van der Waals surface area contributed by atoms with Crippen molar-refractivity contribution in [1.82, 2.24) is 15.2 Å². The van der Waals surface area contributed by atoms with Gasteiger partial charge in [-0.1, -0.05) is 0 Å². The number of pyridine rings is 1. The fourth-order valence-electron chi connectivity index (χ4n) is 2.33. The number of rotatable bonds is 7. The van der Waals surface area contributed by atoms with Gasteiger partial charge < -0.3 is 19.9 Å². The molecule has 1 N–H and O–H groups in total. The molecule has 1 aromatic rings. The van der Waals surface area contributed by atoms with Crippen LogP contribution in [0.2, 0.25) is 0 Å². The van der Waals surface area contributed by atoms with Crippen molar-refractivity contribution >= 4 is 18.0 Å². The molecule has 0 aromatic carbocycles. The largest absolute Gasteiger partial charge is 0.385 e. The van der Waals surface area contributed by atoms with Crippen molar-refractivity contribution in [3.63, 3.8) is 0 Å². The Hall–Kier alpha value is -2.15. The molecule has 7 nitrogen and oxygen atoms in total. The highest BCUT2D eigenvalue weighted by atomic mass is 16.5. The van der Waals surface area contributed by atoms with E-state index < -0.39 is 0 Å². The smallest absolute Gasteiger partial charge is 0.269 e. The van der Waals surface area contributed by atoms with Gasteiger partial charge >= 0.3 is 0 Å². The standard InChI is InChI=1S/C15H22N4O3/c1-22-10-2-4-17-15(21)14-11-13(3-5-16-14)19-8-6-18(12-20)7-9-19/h3,5,11-12H,2,4,6-10H2,1H3,(H,17,21). The van der Waals surface area contributed by atoms with Crippen LogP contribution >= 0.6 is 0 Å². The van der Waals surface area contributed by atoms with Crippen LogP contribution in [0.25, 0.3) is 0 Å². The van der Waals surface area contributed by atoms with Gasteiger partial charge in [-0.2, -0.15) is 0 Å². The lowest BCUT2D eigenvalue weighted by atomic mass is 10.2. The van der Waals surface area contributed by atoms with E-state index in [-0.39, 0.29) is 5.91 Å². The summed E-state index contributed by atoms with van der Waals surface area (Å²) in [5.41, 5.74) is 1.37. The minimum Gasteiger partial charge on any atom is -0.385 e. The molecular formula is C15H22N4O3. The molecule has 1 fully saturated rings. The van der Waals surface area contributed by atoms with Gasteiger partial charge in [-0.25, -0.2) is 0 Å². The van der Waals surface area contributed by atoms with Gasteiger partial charge in [0.05, 0.1) is 0 Å². The Balaban J connectivity index is 1.92. The molecule has 7 heteroatoms. The normalized spacial score (nSPS) is 14.8. The number of carbonyl (C=O) groups is 2. The van der Waals surface area contributed by atoms with Crippen LogP contribution < -0.4 is 10.2 Å². The molecule has 1 saturated heterocycles. The summed E-state index contributed by atoms with van der Waals surface area (Å²) in [5.74, 6) is -0.176. The Morgan fingerprint density at radius 2 is 2.18 bits per heavy atom. The molecule has 1 aliphatic rings. The number of nitrogens with one attached hydrogen (secondary N) is 1. The van der Waals surface area contributed by atoms with Crippen LogP contribution in [-0.2, 0) is 9.53 Å². The maximum Gasteiger partial charge on any atom is 0.269 e. The van der Waals surface area contributed by atoms with Crippen LogP contribution in [0.4, 0.5) is 5.69 Å². The average Bonchev–Trinajstić information content (AvgIpc) is 2.59.